The van der Waals surface area contributed by atoms with Gasteiger partial charge in [0.1, 0.15) is 23.7 Å². The number of ether oxygens (including phenoxy) is 2. The first kappa shape index (κ1) is 25.4. The van der Waals surface area contributed by atoms with Crippen molar-refractivity contribution >= 4 is 45.6 Å². The van der Waals surface area contributed by atoms with E-state index in [1.807, 2.05) is 6.08 Å². The average Bonchev–Trinajstić information content (AvgIpc) is 2.91. The number of fused-ring (bicyclic) bond motifs is 2. The van der Waals surface area contributed by atoms with Crippen LogP contribution in [-0.2, 0) is 9.53 Å². The highest BCUT2D eigenvalue weighted by Crippen LogP contribution is 2.34. The number of halogens is 2. The highest BCUT2D eigenvalue weighted by atomic mass is 35.5. The summed E-state index contributed by atoms with van der Waals surface area (Å²) >= 11 is 5.92. The van der Waals surface area contributed by atoms with Gasteiger partial charge in [0.15, 0.2) is 0 Å². The molecule has 2 aliphatic rings. The first-order valence-electron chi connectivity index (χ1n) is 12.4. The fourth-order valence-corrected chi connectivity index (χ4v) is 5.21. The normalized spacial score (nSPS) is 20.1. The van der Waals surface area contributed by atoms with E-state index in [-0.39, 0.29) is 10.9 Å². The van der Waals surface area contributed by atoms with Gasteiger partial charge < -0.3 is 20.1 Å². The fraction of sp³-hybridized carbons (Fsp3) is 0.370. The molecule has 1 saturated heterocycles. The average molecular weight is 526 g/mol. The van der Waals surface area contributed by atoms with Crippen molar-refractivity contribution in [2.24, 2.45) is 0 Å². The number of hydrogen-bond acceptors (Lipinski definition) is 7. The van der Waals surface area contributed by atoms with Gasteiger partial charge in [-0.2, -0.15) is 0 Å². The van der Waals surface area contributed by atoms with Crippen molar-refractivity contribution in [1.82, 2.24) is 14.9 Å². The number of rotatable bonds is 7. The van der Waals surface area contributed by atoms with Gasteiger partial charge in [-0.15, -0.1) is 0 Å². The van der Waals surface area contributed by atoms with E-state index in [0.717, 1.165) is 26.0 Å². The van der Waals surface area contributed by atoms with E-state index >= 15 is 0 Å². The second kappa shape index (κ2) is 11.4. The Balaban J connectivity index is 1.31. The molecule has 37 heavy (non-hydrogen) atoms. The molecule has 2 fully saturated rings. The molecule has 1 aromatic heterocycles. The molecule has 2 N–H and O–H groups in total. The van der Waals surface area contributed by atoms with Crippen LogP contribution in [0.3, 0.4) is 0 Å². The van der Waals surface area contributed by atoms with E-state index in [1.165, 1.54) is 38.4 Å². The second-order valence-corrected chi connectivity index (χ2v) is 9.60. The lowest BCUT2D eigenvalue weighted by molar-refractivity contribution is -0.112. The molecule has 0 radical (unpaired) electrons. The number of amides is 1. The maximum atomic E-state index is 13.6. The van der Waals surface area contributed by atoms with Crippen LogP contribution in [0, 0.1) is 5.82 Å². The molecule has 0 bridgehead atoms. The summed E-state index contributed by atoms with van der Waals surface area (Å²) in [5.41, 5.74) is 1.67. The topological polar surface area (TPSA) is 88.6 Å². The number of carbonyl (C=O) groups excluding carboxylic acids is 1. The zero-order valence-corrected chi connectivity index (χ0v) is 21.3. The lowest BCUT2D eigenvalue weighted by atomic mass is 9.90. The van der Waals surface area contributed by atoms with Gasteiger partial charge in [-0.05, 0) is 37.1 Å². The Labute approximate surface area is 219 Å². The van der Waals surface area contributed by atoms with Crippen molar-refractivity contribution in [3.05, 3.63) is 59.7 Å². The van der Waals surface area contributed by atoms with Gasteiger partial charge in [0.2, 0.25) is 5.91 Å². The molecule has 10 heteroatoms. The summed E-state index contributed by atoms with van der Waals surface area (Å²) in [5.74, 6) is 0.190. The Kier molecular flexibility index (Phi) is 7.83. The summed E-state index contributed by atoms with van der Waals surface area (Å²) < 4.78 is 25.0. The summed E-state index contributed by atoms with van der Waals surface area (Å²) in [7, 11) is 1.53. The third-order valence-electron chi connectivity index (χ3n) is 6.85. The van der Waals surface area contributed by atoms with Gasteiger partial charge in [-0.25, -0.2) is 14.4 Å². The van der Waals surface area contributed by atoms with Gasteiger partial charge >= 0.3 is 0 Å². The van der Waals surface area contributed by atoms with E-state index in [1.54, 1.807) is 24.3 Å². The highest BCUT2D eigenvalue weighted by molar-refractivity contribution is 6.31. The number of benzene rings is 2. The minimum atomic E-state index is -0.505. The number of morpholine rings is 1. The van der Waals surface area contributed by atoms with Gasteiger partial charge in [-0.1, -0.05) is 30.5 Å². The SMILES string of the molecule is COc1cc2ncnc(Nc3ccc(F)c(Cl)c3)c2cc1NC(=O)C=CCN1CCOC2CCCCC21. The summed E-state index contributed by atoms with van der Waals surface area (Å²) in [6.07, 6.45) is 9.87. The van der Waals surface area contributed by atoms with Gasteiger partial charge in [-0.3, -0.25) is 9.69 Å². The second-order valence-electron chi connectivity index (χ2n) is 9.19. The van der Waals surface area contributed by atoms with Crippen molar-refractivity contribution in [2.75, 3.05) is 37.4 Å². The van der Waals surface area contributed by atoms with Crippen LogP contribution in [0.5, 0.6) is 5.75 Å². The third kappa shape index (κ3) is 5.84. The largest absolute Gasteiger partial charge is 0.494 e. The van der Waals surface area contributed by atoms with Crippen molar-refractivity contribution in [3.8, 4) is 5.75 Å². The molecule has 1 aliphatic carbocycles. The minimum absolute atomic E-state index is 0.000794. The van der Waals surface area contributed by atoms with E-state index in [0.29, 0.717) is 52.5 Å². The van der Waals surface area contributed by atoms with Crippen molar-refractivity contribution in [1.29, 1.82) is 0 Å². The van der Waals surface area contributed by atoms with Gasteiger partial charge in [0.25, 0.3) is 0 Å². The molecule has 5 rings (SSSR count). The van der Waals surface area contributed by atoms with Crippen molar-refractivity contribution in [2.45, 2.75) is 37.8 Å². The zero-order valence-electron chi connectivity index (χ0n) is 20.5. The molecule has 2 unspecified atom stereocenters. The predicted octanol–water partition coefficient (Wildman–Crippen LogP) is 5.31. The zero-order chi connectivity index (χ0) is 25.8. The molecule has 1 aliphatic heterocycles. The summed E-state index contributed by atoms with van der Waals surface area (Å²) in [6, 6.07) is 8.23. The lowest BCUT2D eigenvalue weighted by Gasteiger charge is -2.43. The quantitative estimate of drug-likeness (QED) is 0.404. The van der Waals surface area contributed by atoms with E-state index in [4.69, 9.17) is 21.1 Å². The van der Waals surface area contributed by atoms with Crippen LogP contribution in [0.1, 0.15) is 25.7 Å². The fourth-order valence-electron chi connectivity index (χ4n) is 5.03. The molecule has 1 saturated carbocycles. The Morgan fingerprint density at radius 2 is 2.14 bits per heavy atom. The number of aromatic nitrogens is 2. The monoisotopic (exact) mass is 525 g/mol. The molecule has 2 atom stereocenters. The Bertz CT molecular complexity index is 1320. The molecule has 2 heterocycles. The van der Waals surface area contributed by atoms with E-state index in [2.05, 4.69) is 25.5 Å². The van der Waals surface area contributed by atoms with Crippen LogP contribution in [0.2, 0.25) is 5.02 Å². The van der Waals surface area contributed by atoms with Crippen LogP contribution >= 0.6 is 11.6 Å². The van der Waals surface area contributed by atoms with Crippen LogP contribution in [0.15, 0.2) is 48.8 Å². The molecular weight excluding hydrogens is 497 g/mol. The summed E-state index contributed by atoms with van der Waals surface area (Å²) in [6.45, 7) is 2.31. The number of hydrogen-bond donors (Lipinski definition) is 2. The highest BCUT2D eigenvalue weighted by Gasteiger charge is 2.33. The van der Waals surface area contributed by atoms with Crippen LogP contribution in [0.25, 0.3) is 10.9 Å². The summed E-state index contributed by atoms with van der Waals surface area (Å²) in [5, 5.41) is 6.70. The number of anilines is 3. The Morgan fingerprint density at radius 3 is 2.97 bits per heavy atom. The van der Waals surface area contributed by atoms with Crippen LogP contribution in [0.4, 0.5) is 21.6 Å². The number of nitrogens with one attached hydrogen (secondary N) is 2. The number of carbonyl (C=O) groups is 1. The Morgan fingerprint density at radius 1 is 1.27 bits per heavy atom. The molecule has 0 spiro atoms. The molecule has 1 amide bonds. The molecule has 194 valence electrons. The van der Waals surface area contributed by atoms with E-state index in [9.17, 15) is 9.18 Å². The van der Waals surface area contributed by atoms with Crippen LogP contribution < -0.4 is 15.4 Å². The molecule has 2 aromatic carbocycles. The maximum absolute atomic E-state index is 13.6. The van der Waals surface area contributed by atoms with Gasteiger partial charge in [0, 0.05) is 42.3 Å². The molecule has 8 nitrogen and oxygen atoms in total. The summed E-state index contributed by atoms with van der Waals surface area (Å²) in [4.78, 5) is 23.8. The Hall–Kier alpha value is -3.27. The number of methoxy groups -OCH3 is 1. The van der Waals surface area contributed by atoms with Crippen LogP contribution in [-0.4, -0.2) is 59.7 Å². The van der Waals surface area contributed by atoms with E-state index < -0.39 is 5.82 Å². The molecular formula is C27H29ClFN5O3. The van der Waals surface area contributed by atoms with Crippen molar-refractivity contribution < 1.29 is 18.7 Å². The number of nitrogens with zero attached hydrogens (tertiary/aromatic N) is 3. The minimum Gasteiger partial charge on any atom is -0.494 e. The van der Waals surface area contributed by atoms with Gasteiger partial charge in [0.05, 0.1) is 36.0 Å². The third-order valence-corrected chi connectivity index (χ3v) is 7.14. The first-order chi connectivity index (χ1) is 18.0. The standard InChI is InChI=1S/C27H29ClFN5O3/c1-36-25-15-21-18(27(31-16-30-21)32-17-8-9-20(29)19(28)13-17)14-22(25)33-26(35)7-4-10-34-11-12-37-24-6-3-2-5-23(24)34/h4,7-9,13-16,23-24H,2-3,5-6,10-12H2,1H3,(H,33,35)(H,30,31,32). The molecule has 3 aromatic rings. The predicted molar refractivity (Wildman–Crippen MR) is 142 cm³/mol. The first-order valence-corrected chi connectivity index (χ1v) is 12.8. The lowest BCUT2D eigenvalue weighted by Crippen LogP contribution is -2.52. The maximum Gasteiger partial charge on any atom is 0.248 e. The smallest absolute Gasteiger partial charge is 0.248 e. The van der Waals surface area contributed by atoms with Crippen molar-refractivity contribution in [3.63, 3.8) is 0 Å².